The molecule has 0 fully saturated rings. The van der Waals surface area contributed by atoms with Gasteiger partial charge in [-0.3, -0.25) is 0 Å². The average molecular weight is 891 g/mol. The summed E-state index contributed by atoms with van der Waals surface area (Å²) in [5.74, 6) is 0.841. The zero-order valence-electron chi connectivity index (χ0n) is 28.9. The first-order chi connectivity index (χ1) is 26.3. The zero-order valence-corrected chi connectivity index (χ0v) is 32.0. The van der Waals surface area contributed by atoms with Gasteiger partial charge in [-0.2, -0.15) is 24.3 Å². The van der Waals surface area contributed by atoms with Crippen LogP contribution in [0.15, 0.2) is 192 Å². The van der Waals surface area contributed by atoms with Gasteiger partial charge in [0.05, 0.1) is 5.69 Å². The summed E-state index contributed by atoms with van der Waals surface area (Å²) in [6.45, 7) is 2.15. The predicted octanol–water partition coefficient (Wildman–Crippen LogP) is 13.0. The predicted molar refractivity (Wildman–Crippen MR) is 218 cm³/mol. The van der Waals surface area contributed by atoms with Crippen LogP contribution < -0.4 is 14.7 Å². The summed E-state index contributed by atoms with van der Waals surface area (Å²) in [6, 6.07) is 69.4. The van der Waals surface area contributed by atoms with Crippen molar-refractivity contribution < 1.29 is 21.1 Å². The number of anilines is 7. The van der Waals surface area contributed by atoms with Crippen molar-refractivity contribution in [1.29, 1.82) is 0 Å². The second-order valence-corrected chi connectivity index (χ2v) is 14.0. The van der Waals surface area contributed by atoms with Crippen molar-refractivity contribution in [2.45, 2.75) is 9.79 Å². The smallest absolute Gasteiger partial charge is 0.135 e. The first-order valence-electron chi connectivity index (χ1n) is 17.6. The van der Waals surface area contributed by atoms with Crippen molar-refractivity contribution in [1.82, 2.24) is 4.98 Å². The van der Waals surface area contributed by atoms with E-state index in [9.17, 15) is 0 Å². The molecule has 7 aromatic carbocycles. The summed E-state index contributed by atoms with van der Waals surface area (Å²) in [4.78, 5) is 13.6. The molecule has 0 bridgehead atoms. The molecule has 0 spiro atoms. The fraction of sp³-hybridized carbons (Fsp3) is 0. The van der Waals surface area contributed by atoms with Crippen molar-refractivity contribution in [2.24, 2.45) is 0 Å². The first-order valence-corrected chi connectivity index (χ1v) is 18.4. The number of benzene rings is 7. The Morgan fingerprint density at radius 2 is 1.17 bits per heavy atom. The quantitative estimate of drug-likeness (QED) is 0.155. The van der Waals surface area contributed by atoms with Crippen molar-refractivity contribution in [3.63, 3.8) is 0 Å². The number of para-hydroxylation sites is 3. The van der Waals surface area contributed by atoms with Crippen LogP contribution in [0.25, 0.3) is 33.4 Å². The molecule has 0 amide bonds. The molecule has 10 rings (SSSR count). The third kappa shape index (κ3) is 6.10. The molecule has 3 heterocycles. The van der Waals surface area contributed by atoms with Gasteiger partial charge in [0.2, 0.25) is 0 Å². The summed E-state index contributed by atoms with van der Waals surface area (Å²) in [5, 5.41) is 0. The Morgan fingerprint density at radius 1 is 0.481 bits per heavy atom. The summed E-state index contributed by atoms with van der Waals surface area (Å²) in [6.07, 6.45) is 1.86. The molecule has 4 nitrogen and oxygen atoms in total. The van der Waals surface area contributed by atoms with Crippen LogP contribution in [0.4, 0.5) is 39.9 Å². The van der Waals surface area contributed by atoms with Gasteiger partial charge in [0, 0.05) is 49.9 Å². The van der Waals surface area contributed by atoms with Crippen molar-refractivity contribution >= 4 is 51.7 Å². The Hall–Kier alpha value is -5.87. The molecule has 0 atom stereocenters. The van der Waals surface area contributed by atoms with Gasteiger partial charge < -0.3 is 14.7 Å². The molecule has 0 radical (unpaired) electrons. The number of aromatic nitrogens is 1. The fourth-order valence-electron chi connectivity index (χ4n) is 7.32. The summed E-state index contributed by atoms with van der Waals surface area (Å²) in [7, 11) is 0. The molecular weight excluding hydrogens is 860 g/mol. The Balaban J connectivity index is 0.00000384. The van der Waals surface area contributed by atoms with Crippen LogP contribution in [0.1, 0.15) is 0 Å². The van der Waals surface area contributed by atoms with Gasteiger partial charge in [-0.05, 0) is 65.2 Å². The van der Waals surface area contributed by atoms with E-state index in [1.807, 2.05) is 24.4 Å². The molecule has 0 saturated carbocycles. The van der Waals surface area contributed by atoms with Crippen LogP contribution in [-0.2, 0) is 21.1 Å². The second kappa shape index (κ2) is 14.5. The van der Waals surface area contributed by atoms with Crippen molar-refractivity contribution in [2.75, 3.05) is 14.7 Å². The van der Waals surface area contributed by atoms with E-state index in [1.165, 1.54) is 22.3 Å². The van der Waals surface area contributed by atoms with Gasteiger partial charge in [0.1, 0.15) is 5.82 Å². The third-order valence-corrected chi connectivity index (χ3v) is 10.7. The summed E-state index contributed by atoms with van der Waals surface area (Å²) in [5.41, 5.74) is 13.3. The van der Waals surface area contributed by atoms with E-state index in [-0.39, 0.29) is 21.1 Å². The van der Waals surface area contributed by atoms with Gasteiger partial charge in [-0.15, -0.1) is 57.7 Å². The van der Waals surface area contributed by atoms with E-state index in [0.29, 0.717) is 0 Å². The van der Waals surface area contributed by atoms with E-state index < -0.39 is 0 Å². The maximum Gasteiger partial charge on any atom is 0.135 e. The topological polar surface area (TPSA) is 22.6 Å². The Labute approximate surface area is 334 Å². The van der Waals surface area contributed by atoms with Crippen LogP contribution in [-0.4, -0.2) is 4.98 Å². The number of rotatable bonds is 6. The molecule has 8 aromatic rings. The standard InChI is InChI=1S/C48H31N4S.Pt/c1-3-14-34(15-4-1)35-25-28-44-43(30-35)41-21-8-7-20-40(41)42-27-26-39(32-47(42)52(44)48-24-11-12-29-49-48)53-38-19-13-18-37(31-38)51-33-50(36-16-5-2-6-17-36)45-22-9-10-23-46(45)51;/h1-30,33H;/q-3;. The van der Waals surface area contributed by atoms with Crippen molar-refractivity contribution in [3.8, 4) is 33.4 Å². The SMILES string of the molecule is [Pt].[c-]1c(Sc2[c-]c3c(cc2)-c2ccccc2-c2cc(-c4ccccc4)ccc2N3c2ccccn2)cccc1N1[CH-]N(c2ccccc2)c2ccccc21. The van der Waals surface area contributed by atoms with Crippen LogP contribution in [0.5, 0.6) is 0 Å². The number of nitrogens with zero attached hydrogens (tertiary/aromatic N) is 4. The molecule has 0 unspecified atom stereocenters. The van der Waals surface area contributed by atoms with Gasteiger partial charge in [0.15, 0.2) is 0 Å². The van der Waals surface area contributed by atoms with E-state index in [4.69, 9.17) is 4.98 Å². The van der Waals surface area contributed by atoms with Crippen LogP contribution in [0.2, 0.25) is 0 Å². The first kappa shape index (κ1) is 33.9. The van der Waals surface area contributed by atoms with E-state index in [2.05, 4.69) is 191 Å². The van der Waals surface area contributed by atoms with Crippen molar-refractivity contribution in [3.05, 3.63) is 201 Å². The molecule has 0 aliphatic carbocycles. The van der Waals surface area contributed by atoms with E-state index >= 15 is 0 Å². The minimum Gasteiger partial charge on any atom is -0.493 e. The molecule has 54 heavy (non-hydrogen) atoms. The van der Waals surface area contributed by atoms with Gasteiger partial charge >= 0.3 is 0 Å². The monoisotopic (exact) mass is 890 g/mol. The maximum absolute atomic E-state index is 4.88. The van der Waals surface area contributed by atoms with Gasteiger partial charge in [-0.25, -0.2) is 4.98 Å². The minimum absolute atomic E-state index is 0. The normalized spacial score (nSPS) is 12.6. The largest absolute Gasteiger partial charge is 0.493 e. The molecular formula is C48H31N4PtS-3. The zero-order chi connectivity index (χ0) is 35.1. The third-order valence-electron chi connectivity index (χ3n) is 9.75. The molecule has 6 heteroatoms. The molecule has 2 aliphatic rings. The number of hydrogen-bond donors (Lipinski definition) is 0. The summed E-state index contributed by atoms with van der Waals surface area (Å²) >= 11 is 1.67. The Bertz CT molecular complexity index is 2600. The number of pyridine rings is 1. The Kier molecular flexibility index (Phi) is 9.12. The maximum atomic E-state index is 4.88. The van der Waals surface area contributed by atoms with Gasteiger partial charge in [0.25, 0.3) is 0 Å². The van der Waals surface area contributed by atoms with E-state index in [1.54, 1.807) is 11.8 Å². The van der Waals surface area contributed by atoms with Crippen LogP contribution in [0.3, 0.4) is 0 Å². The number of hydrogen-bond acceptors (Lipinski definition) is 5. The minimum atomic E-state index is 0. The molecule has 1 aromatic heterocycles. The van der Waals surface area contributed by atoms with Gasteiger partial charge in [-0.1, -0.05) is 108 Å². The van der Waals surface area contributed by atoms with Crippen LogP contribution in [0, 0.1) is 18.8 Å². The summed E-state index contributed by atoms with van der Waals surface area (Å²) < 4.78 is 0. The van der Waals surface area contributed by atoms with E-state index in [0.717, 1.165) is 60.9 Å². The molecule has 262 valence electrons. The van der Waals surface area contributed by atoms with Crippen LogP contribution >= 0.6 is 11.8 Å². The fourth-order valence-corrected chi connectivity index (χ4v) is 8.15. The second-order valence-electron chi connectivity index (χ2n) is 12.9. The Morgan fingerprint density at radius 3 is 1.94 bits per heavy atom. The number of fused-ring (bicyclic) bond motifs is 6. The molecule has 0 N–H and O–H groups in total. The average Bonchev–Trinajstić information content (AvgIpc) is 3.57. The molecule has 0 saturated heterocycles. The molecule has 2 aliphatic heterocycles.